The van der Waals surface area contributed by atoms with Crippen LogP contribution in [-0.4, -0.2) is 29.9 Å². The molecule has 0 aliphatic carbocycles. The first kappa shape index (κ1) is 18.5. The summed E-state index contributed by atoms with van der Waals surface area (Å²) < 4.78 is 6.50. The Balaban J connectivity index is 1.38. The van der Waals surface area contributed by atoms with E-state index in [1.54, 1.807) is 31.3 Å². The van der Waals surface area contributed by atoms with Gasteiger partial charge in [0.05, 0.1) is 21.7 Å². The zero-order valence-corrected chi connectivity index (χ0v) is 16.6. The Morgan fingerprint density at radius 1 is 1.25 bits per heavy atom. The number of piperidine rings is 1. The number of thiazole rings is 1. The van der Waals surface area contributed by atoms with Crippen molar-refractivity contribution in [3.8, 4) is 0 Å². The Hall–Kier alpha value is -2.87. The van der Waals surface area contributed by atoms with Gasteiger partial charge in [0.1, 0.15) is 11.5 Å². The largest absolute Gasteiger partial charge is 0.466 e. The topological polar surface area (TPSA) is 87.5 Å². The van der Waals surface area contributed by atoms with Crippen LogP contribution in [0, 0.1) is 19.8 Å². The Kier molecular flexibility index (Phi) is 5.04. The summed E-state index contributed by atoms with van der Waals surface area (Å²) in [6.45, 7) is 4.97. The molecular formula is C20H22N4O3S. The van der Waals surface area contributed by atoms with Gasteiger partial charge in [-0.15, -0.1) is 0 Å². The lowest BCUT2D eigenvalue weighted by atomic mass is 9.98. The molecule has 7 nitrogen and oxygen atoms in total. The highest BCUT2D eigenvalue weighted by atomic mass is 32.1. The second-order valence-corrected chi connectivity index (χ2v) is 8.03. The molecule has 2 N–H and O–H groups in total. The highest BCUT2D eigenvalue weighted by molar-refractivity contribution is 7.22. The molecular weight excluding hydrogens is 376 g/mol. The van der Waals surface area contributed by atoms with E-state index in [-0.39, 0.29) is 17.7 Å². The minimum Gasteiger partial charge on any atom is -0.466 e. The lowest BCUT2D eigenvalue weighted by Crippen LogP contribution is -2.49. The molecule has 0 unspecified atom stereocenters. The molecule has 146 valence electrons. The van der Waals surface area contributed by atoms with Crippen molar-refractivity contribution in [3.05, 3.63) is 47.4 Å². The van der Waals surface area contributed by atoms with Gasteiger partial charge in [0.15, 0.2) is 5.13 Å². The first-order valence-corrected chi connectivity index (χ1v) is 10.1. The third-order valence-electron chi connectivity index (χ3n) is 4.93. The van der Waals surface area contributed by atoms with Crippen molar-refractivity contribution in [2.75, 3.05) is 18.0 Å². The standard InChI is InChI=1S/C20H22N4O3S/c1-12-10-15(13(2)27-12)19(26)23-22-18(25)14-6-5-9-24(11-14)20-21-16-7-3-4-8-17(16)28-20/h3-4,7-8,10,14H,5-6,9,11H2,1-2H3,(H,22,25)(H,23,26)/t14-/m1/s1. The molecule has 0 spiro atoms. The molecule has 1 aliphatic heterocycles. The van der Waals surface area contributed by atoms with Crippen molar-refractivity contribution in [1.29, 1.82) is 0 Å². The number of nitrogens with zero attached hydrogens (tertiary/aromatic N) is 2. The summed E-state index contributed by atoms with van der Waals surface area (Å²) in [7, 11) is 0. The van der Waals surface area contributed by atoms with Gasteiger partial charge in [-0.05, 0) is 44.9 Å². The van der Waals surface area contributed by atoms with E-state index in [0.29, 0.717) is 23.6 Å². The third kappa shape index (κ3) is 3.73. The van der Waals surface area contributed by atoms with Crippen LogP contribution >= 0.6 is 11.3 Å². The average molecular weight is 398 g/mol. The van der Waals surface area contributed by atoms with Crippen LogP contribution in [-0.2, 0) is 4.79 Å². The Morgan fingerprint density at radius 3 is 2.82 bits per heavy atom. The Labute approximate surface area is 166 Å². The fourth-order valence-electron chi connectivity index (χ4n) is 3.50. The van der Waals surface area contributed by atoms with Crippen LogP contribution in [0.5, 0.6) is 0 Å². The van der Waals surface area contributed by atoms with E-state index in [0.717, 1.165) is 34.7 Å². The van der Waals surface area contributed by atoms with Gasteiger partial charge in [-0.1, -0.05) is 23.5 Å². The molecule has 3 aromatic rings. The predicted octanol–water partition coefficient (Wildman–Crippen LogP) is 3.18. The third-order valence-corrected chi connectivity index (χ3v) is 6.03. The van der Waals surface area contributed by atoms with Crippen LogP contribution in [0.1, 0.15) is 34.7 Å². The number of rotatable bonds is 3. The highest BCUT2D eigenvalue weighted by Gasteiger charge is 2.28. The summed E-state index contributed by atoms with van der Waals surface area (Å²) in [4.78, 5) is 31.7. The molecule has 0 bridgehead atoms. The van der Waals surface area contributed by atoms with Gasteiger partial charge >= 0.3 is 0 Å². The number of carbonyl (C=O) groups is 2. The smallest absolute Gasteiger partial charge is 0.273 e. The maximum atomic E-state index is 12.6. The van der Waals surface area contributed by atoms with Gasteiger partial charge < -0.3 is 9.32 Å². The lowest BCUT2D eigenvalue weighted by molar-refractivity contribution is -0.126. The molecule has 3 heterocycles. The second kappa shape index (κ2) is 7.63. The van der Waals surface area contributed by atoms with E-state index in [2.05, 4.69) is 26.8 Å². The maximum Gasteiger partial charge on any atom is 0.273 e. The number of hydrazine groups is 1. The zero-order valence-electron chi connectivity index (χ0n) is 15.8. The van der Waals surface area contributed by atoms with Crippen molar-refractivity contribution >= 4 is 38.5 Å². The lowest BCUT2D eigenvalue weighted by Gasteiger charge is -2.31. The van der Waals surface area contributed by atoms with E-state index in [1.807, 2.05) is 18.2 Å². The van der Waals surface area contributed by atoms with E-state index in [9.17, 15) is 9.59 Å². The Bertz CT molecular complexity index is 993. The minimum absolute atomic E-state index is 0.183. The molecule has 28 heavy (non-hydrogen) atoms. The number of carbonyl (C=O) groups excluding carboxylic acids is 2. The van der Waals surface area contributed by atoms with Crippen molar-refractivity contribution in [3.63, 3.8) is 0 Å². The predicted molar refractivity (Wildman–Crippen MR) is 108 cm³/mol. The van der Waals surface area contributed by atoms with Gasteiger partial charge in [0.2, 0.25) is 5.91 Å². The van der Waals surface area contributed by atoms with Crippen LogP contribution in [0.25, 0.3) is 10.2 Å². The molecule has 0 radical (unpaired) electrons. The highest BCUT2D eigenvalue weighted by Crippen LogP contribution is 2.31. The number of anilines is 1. The average Bonchev–Trinajstić information content (AvgIpc) is 3.28. The number of hydrogen-bond acceptors (Lipinski definition) is 6. The van der Waals surface area contributed by atoms with Crippen molar-refractivity contribution < 1.29 is 14.0 Å². The van der Waals surface area contributed by atoms with Crippen LogP contribution in [0.3, 0.4) is 0 Å². The van der Waals surface area contributed by atoms with E-state index in [1.165, 1.54) is 0 Å². The Morgan fingerprint density at radius 2 is 2.07 bits per heavy atom. The zero-order chi connectivity index (χ0) is 19.7. The fraction of sp³-hybridized carbons (Fsp3) is 0.350. The van der Waals surface area contributed by atoms with Crippen molar-refractivity contribution in [2.24, 2.45) is 5.92 Å². The molecule has 0 saturated carbocycles. The summed E-state index contributed by atoms with van der Waals surface area (Å²) >= 11 is 1.64. The first-order chi connectivity index (χ1) is 13.5. The normalized spacial score (nSPS) is 16.9. The van der Waals surface area contributed by atoms with Gasteiger partial charge in [0.25, 0.3) is 5.91 Å². The number of hydrogen-bond donors (Lipinski definition) is 2. The molecule has 1 saturated heterocycles. The van der Waals surface area contributed by atoms with Crippen molar-refractivity contribution in [1.82, 2.24) is 15.8 Å². The van der Waals surface area contributed by atoms with Gasteiger partial charge in [0, 0.05) is 13.1 Å². The van der Waals surface area contributed by atoms with Crippen LogP contribution in [0.4, 0.5) is 5.13 Å². The van der Waals surface area contributed by atoms with Crippen LogP contribution in [0.2, 0.25) is 0 Å². The monoisotopic (exact) mass is 398 g/mol. The number of fused-ring (bicyclic) bond motifs is 1. The van der Waals surface area contributed by atoms with E-state index >= 15 is 0 Å². The molecule has 2 amide bonds. The van der Waals surface area contributed by atoms with E-state index in [4.69, 9.17) is 4.42 Å². The molecule has 2 aromatic heterocycles. The SMILES string of the molecule is Cc1cc(C(=O)NNC(=O)[C@@H]2CCCN(c3nc4ccccc4s3)C2)c(C)o1. The second-order valence-electron chi connectivity index (χ2n) is 7.02. The number of aromatic nitrogens is 1. The number of furan rings is 1. The summed E-state index contributed by atoms with van der Waals surface area (Å²) in [5, 5.41) is 0.937. The summed E-state index contributed by atoms with van der Waals surface area (Å²) in [5.41, 5.74) is 6.47. The van der Waals surface area contributed by atoms with Crippen LogP contribution < -0.4 is 15.8 Å². The number of benzene rings is 1. The van der Waals surface area contributed by atoms with Crippen molar-refractivity contribution in [2.45, 2.75) is 26.7 Å². The quantitative estimate of drug-likeness (QED) is 0.662. The minimum atomic E-state index is -0.374. The molecule has 1 aliphatic rings. The number of nitrogens with one attached hydrogen (secondary N) is 2. The number of amides is 2. The van der Waals surface area contributed by atoms with Gasteiger partial charge in [-0.25, -0.2) is 4.98 Å². The van der Waals surface area contributed by atoms with Gasteiger partial charge in [-0.2, -0.15) is 0 Å². The van der Waals surface area contributed by atoms with Crippen LogP contribution in [0.15, 0.2) is 34.7 Å². The fourth-order valence-corrected chi connectivity index (χ4v) is 4.50. The summed E-state index contributed by atoms with van der Waals surface area (Å²) in [6.07, 6.45) is 1.69. The first-order valence-electron chi connectivity index (χ1n) is 9.29. The molecule has 1 fully saturated rings. The molecule has 1 aromatic carbocycles. The molecule has 4 rings (SSSR count). The maximum absolute atomic E-state index is 12.6. The van der Waals surface area contributed by atoms with Gasteiger partial charge in [-0.3, -0.25) is 20.4 Å². The summed E-state index contributed by atoms with van der Waals surface area (Å²) in [5.74, 6) is 0.434. The molecule has 1 atom stereocenters. The number of aryl methyl sites for hydroxylation is 2. The summed E-state index contributed by atoms with van der Waals surface area (Å²) in [6, 6.07) is 9.69. The van der Waals surface area contributed by atoms with E-state index < -0.39 is 0 Å². The number of para-hydroxylation sites is 1. The molecule has 8 heteroatoms.